The van der Waals surface area contributed by atoms with Crippen molar-refractivity contribution in [1.29, 1.82) is 0 Å². The van der Waals surface area contributed by atoms with Gasteiger partial charge in [0, 0.05) is 23.4 Å². The van der Waals surface area contributed by atoms with Gasteiger partial charge < -0.3 is 5.11 Å². The smallest absolute Gasteiger partial charge is 0.432 e. The Morgan fingerprint density at radius 2 is 2.00 bits per heavy atom. The molecule has 7 nitrogen and oxygen atoms in total. The summed E-state index contributed by atoms with van der Waals surface area (Å²) in [5.41, 5.74) is 1.55. The number of carboxylic acid groups (broad SMARTS) is 1. The molecule has 0 saturated heterocycles. The van der Waals surface area contributed by atoms with Gasteiger partial charge in [-0.3, -0.25) is 10.1 Å². The molecule has 0 bridgehead atoms. The monoisotopic (exact) mass is 247 g/mol. The second-order valence-electron chi connectivity index (χ2n) is 3.67. The van der Waals surface area contributed by atoms with Gasteiger partial charge in [-0.1, -0.05) is 0 Å². The summed E-state index contributed by atoms with van der Waals surface area (Å²) in [4.78, 5) is 20.8. The number of non-ortho nitro benzene ring substituents is 1. The topological polar surface area (TPSA) is 98.3 Å². The van der Waals surface area contributed by atoms with Gasteiger partial charge in [-0.25, -0.2) is 4.79 Å². The summed E-state index contributed by atoms with van der Waals surface area (Å²) < 4.78 is 0.858. The molecule has 0 fully saturated rings. The van der Waals surface area contributed by atoms with Crippen LogP contribution in [-0.2, 0) is 0 Å². The molecule has 0 spiro atoms. The van der Waals surface area contributed by atoms with Crippen molar-refractivity contribution in [1.82, 2.24) is 9.78 Å². The largest absolute Gasteiger partial charge is 0.463 e. The molecule has 1 aromatic heterocycles. The predicted octanol–water partition coefficient (Wildman–Crippen LogP) is 2.29. The molecule has 0 aliphatic rings. The third-order valence-electron chi connectivity index (χ3n) is 2.44. The zero-order valence-corrected chi connectivity index (χ0v) is 9.40. The van der Waals surface area contributed by atoms with Crippen molar-refractivity contribution >= 4 is 11.8 Å². The molecule has 0 radical (unpaired) electrons. The minimum atomic E-state index is -1.17. The summed E-state index contributed by atoms with van der Waals surface area (Å²) in [5.74, 6) is 0. The van der Waals surface area contributed by atoms with Crippen LogP contribution >= 0.6 is 0 Å². The number of rotatable bonds is 2. The highest BCUT2D eigenvalue weighted by atomic mass is 16.6. The number of carbonyl (C=O) groups is 1. The first kappa shape index (κ1) is 11.8. The van der Waals surface area contributed by atoms with Crippen molar-refractivity contribution in [2.75, 3.05) is 0 Å². The molecule has 1 aromatic carbocycles. The third kappa shape index (κ3) is 2.05. The van der Waals surface area contributed by atoms with E-state index in [0.29, 0.717) is 17.0 Å². The Morgan fingerprint density at radius 3 is 2.44 bits per heavy atom. The fourth-order valence-electron chi connectivity index (χ4n) is 1.56. The van der Waals surface area contributed by atoms with E-state index >= 15 is 0 Å². The van der Waals surface area contributed by atoms with E-state index in [1.54, 1.807) is 13.0 Å². The SMILES string of the molecule is Cc1cc(-c2ccc([N+](=O)[O-])cc2)nn1C(=O)O. The van der Waals surface area contributed by atoms with Gasteiger partial charge in [0.1, 0.15) is 0 Å². The fraction of sp³-hybridized carbons (Fsp3) is 0.0909. The number of hydrogen-bond acceptors (Lipinski definition) is 4. The quantitative estimate of drug-likeness (QED) is 0.648. The van der Waals surface area contributed by atoms with Gasteiger partial charge in [0.05, 0.1) is 10.6 Å². The summed E-state index contributed by atoms with van der Waals surface area (Å²) in [6.45, 7) is 1.62. The van der Waals surface area contributed by atoms with E-state index in [4.69, 9.17) is 5.11 Å². The molecular formula is C11H9N3O4. The maximum Gasteiger partial charge on any atom is 0.432 e. The van der Waals surface area contributed by atoms with Crippen LogP contribution in [0.25, 0.3) is 11.3 Å². The molecule has 7 heteroatoms. The predicted molar refractivity (Wildman–Crippen MR) is 62.5 cm³/mol. The fourth-order valence-corrected chi connectivity index (χ4v) is 1.56. The Morgan fingerprint density at radius 1 is 1.39 bits per heavy atom. The Kier molecular flexibility index (Phi) is 2.80. The average Bonchev–Trinajstić information content (AvgIpc) is 2.71. The highest BCUT2D eigenvalue weighted by Gasteiger charge is 2.12. The number of aryl methyl sites for hydroxylation is 1. The molecule has 1 N–H and O–H groups in total. The summed E-state index contributed by atoms with van der Waals surface area (Å²) in [5, 5.41) is 23.3. The standard InChI is InChI=1S/C11H9N3O4/c1-7-6-10(12-13(7)11(15)16)8-2-4-9(5-3-8)14(17)18/h2-6H,1H3,(H,15,16). The Labute approximate surface area is 101 Å². The van der Waals surface area contributed by atoms with Crippen molar-refractivity contribution in [2.45, 2.75) is 6.92 Å². The maximum absolute atomic E-state index is 10.8. The second-order valence-corrected chi connectivity index (χ2v) is 3.67. The van der Waals surface area contributed by atoms with Crippen LogP contribution in [0, 0.1) is 17.0 Å². The molecule has 0 saturated carbocycles. The first-order valence-electron chi connectivity index (χ1n) is 5.04. The van der Waals surface area contributed by atoms with Crippen LogP contribution < -0.4 is 0 Å². The first-order chi connectivity index (χ1) is 8.49. The van der Waals surface area contributed by atoms with Crippen LogP contribution in [0.15, 0.2) is 30.3 Å². The number of nitro benzene ring substituents is 1. The molecular weight excluding hydrogens is 238 g/mol. The summed E-state index contributed by atoms with van der Waals surface area (Å²) in [7, 11) is 0. The van der Waals surface area contributed by atoms with E-state index in [-0.39, 0.29) is 5.69 Å². The van der Waals surface area contributed by atoms with Crippen LogP contribution in [0.5, 0.6) is 0 Å². The van der Waals surface area contributed by atoms with E-state index in [1.165, 1.54) is 24.3 Å². The molecule has 0 unspecified atom stereocenters. The van der Waals surface area contributed by atoms with Gasteiger partial charge in [-0.15, -0.1) is 0 Å². The molecule has 0 amide bonds. The lowest BCUT2D eigenvalue weighted by Crippen LogP contribution is -2.11. The van der Waals surface area contributed by atoms with Gasteiger partial charge in [0.2, 0.25) is 0 Å². The summed E-state index contributed by atoms with van der Waals surface area (Å²) in [6, 6.07) is 7.38. The van der Waals surface area contributed by atoms with Crippen molar-refractivity contribution in [2.24, 2.45) is 0 Å². The van der Waals surface area contributed by atoms with Crippen LogP contribution in [0.4, 0.5) is 10.5 Å². The summed E-state index contributed by atoms with van der Waals surface area (Å²) in [6.07, 6.45) is -1.17. The van der Waals surface area contributed by atoms with Crippen molar-refractivity contribution in [3.63, 3.8) is 0 Å². The maximum atomic E-state index is 10.8. The molecule has 92 valence electrons. The van der Waals surface area contributed by atoms with E-state index < -0.39 is 11.0 Å². The number of hydrogen-bond donors (Lipinski definition) is 1. The highest BCUT2D eigenvalue weighted by molar-refractivity contribution is 5.70. The lowest BCUT2D eigenvalue weighted by Gasteiger charge is -1.96. The normalized spacial score (nSPS) is 10.3. The van der Waals surface area contributed by atoms with Gasteiger partial charge in [-0.05, 0) is 25.1 Å². The highest BCUT2D eigenvalue weighted by Crippen LogP contribution is 2.21. The van der Waals surface area contributed by atoms with Crippen molar-refractivity contribution < 1.29 is 14.8 Å². The number of benzene rings is 1. The molecule has 0 aliphatic heterocycles. The van der Waals surface area contributed by atoms with Crippen molar-refractivity contribution in [3.05, 3.63) is 46.1 Å². The van der Waals surface area contributed by atoms with Gasteiger partial charge in [0.15, 0.2) is 0 Å². The lowest BCUT2D eigenvalue weighted by atomic mass is 10.1. The van der Waals surface area contributed by atoms with Gasteiger partial charge in [0.25, 0.3) is 5.69 Å². The molecule has 0 aliphatic carbocycles. The van der Waals surface area contributed by atoms with Crippen LogP contribution in [0.3, 0.4) is 0 Å². The Hall–Kier alpha value is -2.70. The lowest BCUT2D eigenvalue weighted by molar-refractivity contribution is -0.384. The molecule has 1 heterocycles. The van der Waals surface area contributed by atoms with E-state index in [9.17, 15) is 14.9 Å². The Balaban J connectivity index is 2.40. The molecule has 18 heavy (non-hydrogen) atoms. The van der Waals surface area contributed by atoms with E-state index in [1.807, 2.05) is 0 Å². The van der Waals surface area contributed by atoms with Crippen LogP contribution in [0.2, 0.25) is 0 Å². The van der Waals surface area contributed by atoms with Crippen molar-refractivity contribution in [3.8, 4) is 11.3 Å². The zero-order valence-electron chi connectivity index (χ0n) is 9.40. The number of nitro groups is 1. The van der Waals surface area contributed by atoms with E-state index in [0.717, 1.165) is 4.68 Å². The number of nitrogens with zero attached hydrogens (tertiary/aromatic N) is 3. The second kappa shape index (κ2) is 4.28. The van der Waals surface area contributed by atoms with Crippen LogP contribution in [-0.4, -0.2) is 25.9 Å². The zero-order chi connectivity index (χ0) is 13.3. The average molecular weight is 247 g/mol. The van der Waals surface area contributed by atoms with Gasteiger partial charge >= 0.3 is 6.09 Å². The van der Waals surface area contributed by atoms with Gasteiger partial charge in [-0.2, -0.15) is 9.78 Å². The van der Waals surface area contributed by atoms with E-state index in [2.05, 4.69) is 5.10 Å². The van der Waals surface area contributed by atoms with Crippen LogP contribution in [0.1, 0.15) is 5.69 Å². The third-order valence-corrected chi connectivity index (χ3v) is 2.44. The minimum Gasteiger partial charge on any atom is -0.463 e. The molecule has 0 atom stereocenters. The number of aromatic nitrogens is 2. The first-order valence-corrected chi connectivity index (χ1v) is 5.04. The Bertz CT molecular complexity index is 616. The molecule has 2 aromatic rings. The minimum absolute atomic E-state index is 0.0202. The molecule has 2 rings (SSSR count). The summed E-state index contributed by atoms with van der Waals surface area (Å²) >= 11 is 0.